The van der Waals surface area contributed by atoms with Crippen molar-refractivity contribution < 1.29 is 18.0 Å². The lowest BCUT2D eigenvalue weighted by Gasteiger charge is -2.18. The lowest BCUT2D eigenvalue weighted by atomic mass is 10.1. The van der Waals surface area contributed by atoms with Gasteiger partial charge in [-0.15, -0.1) is 0 Å². The van der Waals surface area contributed by atoms with Crippen LogP contribution >= 0.6 is 0 Å². The number of aromatic nitrogens is 2. The van der Waals surface area contributed by atoms with Crippen molar-refractivity contribution in [2.45, 2.75) is 33.0 Å². The number of nitrogens with one attached hydrogen (secondary N) is 1. The smallest absolute Gasteiger partial charge is 0.336 e. The number of alkyl halides is 3. The van der Waals surface area contributed by atoms with Crippen molar-refractivity contribution in [2.24, 2.45) is 5.92 Å². The molecule has 0 radical (unpaired) electrons. The molecule has 0 saturated heterocycles. The van der Waals surface area contributed by atoms with Gasteiger partial charge in [0.2, 0.25) is 0 Å². The highest BCUT2D eigenvalue weighted by atomic mass is 19.4. The zero-order chi connectivity index (χ0) is 19.5. The number of hydrogen-bond donors (Lipinski definition) is 1. The first-order chi connectivity index (χ1) is 12.1. The summed E-state index contributed by atoms with van der Waals surface area (Å²) in [5.41, 5.74) is -0.499. The van der Waals surface area contributed by atoms with Gasteiger partial charge >= 0.3 is 11.9 Å². The van der Waals surface area contributed by atoms with Gasteiger partial charge in [-0.3, -0.25) is 4.79 Å². The Morgan fingerprint density at radius 2 is 1.96 bits per heavy atom. The van der Waals surface area contributed by atoms with E-state index in [4.69, 9.17) is 0 Å². The maximum Gasteiger partial charge on any atom is 0.416 e. The van der Waals surface area contributed by atoms with Gasteiger partial charge in [-0.05, 0) is 36.1 Å². The number of carbonyl (C=O) groups is 1. The summed E-state index contributed by atoms with van der Waals surface area (Å²) in [5, 5.41) is 0. The van der Waals surface area contributed by atoms with E-state index in [0.717, 1.165) is 12.1 Å². The molecule has 0 aliphatic carbocycles. The average Bonchev–Trinajstić information content (AvgIpc) is 2.52. The second-order valence-corrected chi connectivity index (χ2v) is 6.55. The Morgan fingerprint density at radius 1 is 1.27 bits per heavy atom. The number of nitrogens with zero attached hydrogens (tertiary/aromatic N) is 2. The minimum Gasteiger partial charge on any atom is -0.336 e. The van der Waals surface area contributed by atoms with Gasteiger partial charge in [-0.25, -0.2) is 4.79 Å². The third-order valence-corrected chi connectivity index (χ3v) is 3.67. The third kappa shape index (κ3) is 5.18. The quantitative estimate of drug-likeness (QED) is 0.882. The second kappa shape index (κ2) is 7.72. The first kappa shape index (κ1) is 19.7. The predicted molar refractivity (Wildman–Crippen MR) is 90.6 cm³/mol. The van der Waals surface area contributed by atoms with Gasteiger partial charge in [0.15, 0.2) is 0 Å². The molecule has 0 aliphatic heterocycles. The van der Waals surface area contributed by atoms with Crippen molar-refractivity contribution in [3.63, 3.8) is 0 Å². The van der Waals surface area contributed by atoms with Crippen molar-refractivity contribution in [3.8, 4) is 0 Å². The minimum atomic E-state index is -4.45. The fourth-order valence-corrected chi connectivity index (χ4v) is 2.55. The molecule has 8 heteroatoms. The van der Waals surface area contributed by atoms with E-state index in [9.17, 15) is 22.8 Å². The van der Waals surface area contributed by atoms with E-state index in [1.165, 1.54) is 30.1 Å². The molecule has 0 saturated carbocycles. The summed E-state index contributed by atoms with van der Waals surface area (Å²) in [6.07, 6.45) is -3.87. The number of amides is 1. The molecule has 2 rings (SSSR count). The van der Waals surface area contributed by atoms with Crippen molar-refractivity contribution in [1.82, 2.24) is 14.9 Å². The zero-order valence-electron chi connectivity index (χ0n) is 14.7. The van der Waals surface area contributed by atoms with Gasteiger partial charge in [0.25, 0.3) is 5.91 Å². The van der Waals surface area contributed by atoms with Gasteiger partial charge < -0.3 is 9.88 Å². The van der Waals surface area contributed by atoms with E-state index in [0.29, 0.717) is 17.7 Å². The molecule has 0 unspecified atom stereocenters. The average molecular weight is 367 g/mol. The topological polar surface area (TPSA) is 66.1 Å². The molecule has 2 aromatic rings. The Labute approximate surface area is 148 Å². The number of H-pyrrole nitrogens is 1. The monoisotopic (exact) mass is 367 g/mol. The number of rotatable bonds is 5. The maximum atomic E-state index is 12.8. The van der Waals surface area contributed by atoms with Gasteiger partial charge in [0.1, 0.15) is 5.69 Å². The minimum absolute atomic E-state index is 0.0288. The van der Waals surface area contributed by atoms with E-state index < -0.39 is 23.3 Å². The van der Waals surface area contributed by atoms with Gasteiger partial charge in [0.05, 0.1) is 5.56 Å². The van der Waals surface area contributed by atoms with E-state index >= 15 is 0 Å². The Hall–Kier alpha value is -2.64. The van der Waals surface area contributed by atoms with Crippen molar-refractivity contribution in [2.75, 3.05) is 7.05 Å². The molecule has 0 bridgehead atoms. The van der Waals surface area contributed by atoms with Gasteiger partial charge in [-0.1, -0.05) is 26.0 Å². The van der Waals surface area contributed by atoms with Crippen LogP contribution in [0.2, 0.25) is 0 Å². The SMILES string of the molecule is CC(C)Cc1cc(C(=O)N(C)Cc2cccc(C(F)(F)F)c2)nc(=O)[nH]1. The lowest BCUT2D eigenvalue weighted by molar-refractivity contribution is -0.137. The van der Waals surface area contributed by atoms with Crippen LogP contribution in [0, 0.1) is 5.92 Å². The number of carbonyl (C=O) groups excluding carboxylic acids is 1. The van der Waals surface area contributed by atoms with Crippen molar-refractivity contribution >= 4 is 5.91 Å². The molecule has 1 heterocycles. The Bertz CT molecular complexity index is 844. The predicted octanol–water partition coefficient (Wildman–Crippen LogP) is 3.26. The van der Waals surface area contributed by atoms with E-state index in [1.54, 1.807) is 0 Å². The van der Waals surface area contributed by atoms with Crippen LogP contribution in [0.1, 0.15) is 41.2 Å². The van der Waals surface area contributed by atoms with E-state index in [2.05, 4.69) is 9.97 Å². The van der Waals surface area contributed by atoms with Gasteiger partial charge in [0, 0.05) is 19.3 Å². The Kier molecular flexibility index (Phi) is 5.84. The molecule has 0 atom stereocenters. The Morgan fingerprint density at radius 3 is 2.58 bits per heavy atom. The summed E-state index contributed by atoms with van der Waals surface area (Å²) >= 11 is 0. The van der Waals surface area contributed by atoms with Crippen molar-refractivity contribution in [3.05, 3.63) is 63.3 Å². The molecule has 26 heavy (non-hydrogen) atoms. The first-order valence-electron chi connectivity index (χ1n) is 8.08. The molecular weight excluding hydrogens is 347 g/mol. The highest BCUT2D eigenvalue weighted by Crippen LogP contribution is 2.29. The zero-order valence-corrected chi connectivity index (χ0v) is 14.7. The maximum absolute atomic E-state index is 12.8. The Balaban J connectivity index is 2.20. The van der Waals surface area contributed by atoms with Gasteiger partial charge in [-0.2, -0.15) is 18.2 Å². The summed E-state index contributed by atoms with van der Waals surface area (Å²) in [5.74, 6) is -0.252. The fourth-order valence-electron chi connectivity index (χ4n) is 2.55. The normalized spacial score (nSPS) is 11.7. The standard InChI is InChI=1S/C18H20F3N3O2/c1-11(2)7-14-9-15(23-17(26)22-14)16(25)24(3)10-12-5-4-6-13(8-12)18(19,20)21/h4-6,8-9,11H,7,10H2,1-3H3,(H,22,23,26). The molecule has 0 fully saturated rings. The third-order valence-electron chi connectivity index (χ3n) is 3.67. The molecule has 5 nitrogen and oxygen atoms in total. The number of halogens is 3. The van der Waals surface area contributed by atoms with Crippen LogP contribution in [-0.2, 0) is 19.1 Å². The summed E-state index contributed by atoms with van der Waals surface area (Å²) < 4.78 is 38.4. The molecule has 1 aromatic heterocycles. The van der Waals surface area contributed by atoms with Crippen molar-refractivity contribution in [1.29, 1.82) is 0 Å². The van der Waals surface area contributed by atoms with Crippen LogP contribution in [0.25, 0.3) is 0 Å². The van der Waals surface area contributed by atoms with E-state index in [-0.39, 0.29) is 18.2 Å². The number of hydrogen-bond acceptors (Lipinski definition) is 3. The van der Waals surface area contributed by atoms with Crippen LogP contribution in [0.3, 0.4) is 0 Å². The van der Waals surface area contributed by atoms with Crippen LogP contribution in [0.4, 0.5) is 13.2 Å². The molecule has 140 valence electrons. The van der Waals surface area contributed by atoms with E-state index in [1.807, 2.05) is 13.8 Å². The summed E-state index contributed by atoms with van der Waals surface area (Å²) in [6, 6.07) is 6.28. The molecule has 1 amide bonds. The molecule has 0 aliphatic rings. The fraction of sp³-hybridized carbons (Fsp3) is 0.389. The van der Waals surface area contributed by atoms with Crippen LogP contribution in [0.5, 0.6) is 0 Å². The summed E-state index contributed by atoms with van der Waals surface area (Å²) in [6.45, 7) is 3.91. The largest absolute Gasteiger partial charge is 0.416 e. The first-order valence-corrected chi connectivity index (χ1v) is 8.08. The van der Waals surface area contributed by atoms with Crippen LogP contribution in [0.15, 0.2) is 35.1 Å². The summed E-state index contributed by atoms with van der Waals surface area (Å²) in [7, 11) is 1.45. The highest BCUT2D eigenvalue weighted by molar-refractivity contribution is 5.92. The molecule has 1 N–H and O–H groups in total. The summed E-state index contributed by atoms with van der Waals surface area (Å²) in [4.78, 5) is 31.7. The molecule has 1 aromatic carbocycles. The lowest BCUT2D eigenvalue weighted by Crippen LogP contribution is -2.30. The second-order valence-electron chi connectivity index (χ2n) is 6.55. The number of benzene rings is 1. The number of aromatic amines is 1. The van der Waals surface area contributed by atoms with Crippen LogP contribution in [-0.4, -0.2) is 27.8 Å². The van der Waals surface area contributed by atoms with Crippen LogP contribution < -0.4 is 5.69 Å². The molecular formula is C18H20F3N3O2. The molecule has 0 spiro atoms. The highest BCUT2D eigenvalue weighted by Gasteiger charge is 2.30.